The largest absolute Gasteiger partial charge is 0.378 e. The summed E-state index contributed by atoms with van der Waals surface area (Å²) >= 11 is 7.75. The van der Waals surface area contributed by atoms with E-state index in [9.17, 15) is 9.59 Å². The highest BCUT2D eigenvalue weighted by molar-refractivity contribution is 7.21. The Bertz CT molecular complexity index is 1310. The first-order chi connectivity index (χ1) is 15.4. The van der Waals surface area contributed by atoms with Crippen molar-refractivity contribution in [3.8, 4) is 0 Å². The fraction of sp³-hybridized carbons (Fsp3) is 0.0769. The fourth-order valence-corrected chi connectivity index (χ4v) is 4.63. The highest BCUT2D eigenvalue weighted by Gasteiger charge is 2.17. The van der Waals surface area contributed by atoms with Crippen LogP contribution in [-0.4, -0.2) is 25.8 Å². The second kappa shape index (κ2) is 9.39. The van der Waals surface area contributed by atoms with Gasteiger partial charge in [0.25, 0.3) is 5.91 Å². The van der Waals surface area contributed by atoms with Gasteiger partial charge in [-0.15, -0.1) is 11.3 Å². The molecule has 6 heteroatoms. The minimum atomic E-state index is -0.267. The summed E-state index contributed by atoms with van der Waals surface area (Å²) in [6.45, 7) is 0. The first-order valence-corrected chi connectivity index (χ1v) is 11.2. The Kier molecular flexibility index (Phi) is 6.40. The molecule has 1 amide bonds. The molecule has 0 aliphatic rings. The Labute approximate surface area is 195 Å². The molecule has 32 heavy (non-hydrogen) atoms. The van der Waals surface area contributed by atoms with E-state index in [4.69, 9.17) is 11.6 Å². The van der Waals surface area contributed by atoms with E-state index < -0.39 is 0 Å². The number of halogens is 1. The van der Waals surface area contributed by atoms with Crippen LogP contribution in [0.5, 0.6) is 0 Å². The smallest absolute Gasteiger partial charge is 0.267 e. The Balaban J connectivity index is 1.42. The number of anilines is 2. The zero-order valence-electron chi connectivity index (χ0n) is 17.6. The minimum absolute atomic E-state index is 0.105. The molecule has 0 saturated heterocycles. The lowest BCUT2D eigenvalue weighted by Crippen LogP contribution is -2.10. The maximum Gasteiger partial charge on any atom is 0.267 e. The van der Waals surface area contributed by atoms with Crippen LogP contribution in [-0.2, 0) is 0 Å². The van der Waals surface area contributed by atoms with Crippen LogP contribution in [0.2, 0.25) is 5.02 Å². The molecule has 0 aliphatic heterocycles. The van der Waals surface area contributed by atoms with Gasteiger partial charge < -0.3 is 10.2 Å². The molecule has 0 saturated carbocycles. The molecule has 1 aromatic heterocycles. The summed E-state index contributed by atoms with van der Waals surface area (Å²) in [5, 5.41) is 4.18. The van der Waals surface area contributed by atoms with E-state index in [1.165, 1.54) is 11.3 Å². The van der Waals surface area contributed by atoms with Crippen LogP contribution < -0.4 is 10.2 Å². The number of fused-ring (bicyclic) bond motifs is 1. The molecule has 0 bridgehead atoms. The number of hydrogen-bond donors (Lipinski definition) is 1. The molecule has 0 atom stereocenters. The standard InChI is InChI=1S/C26H21ClN2O2S/c1-29(2)20-14-7-17(8-15-20)9-16-22(30)18-10-12-19(13-11-18)28-26(31)25-24(27)21-5-3-4-6-23(21)32-25/h3-16H,1-2H3,(H,28,31)/b16-9+. The van der Waals surface area contributed by atoms with Crippen LogP contribution in [0.4, 0.5) is 11.4 Å². The molecule has 1 heterocycles. The molecule has 4 rings (SSSR count). The second-order valence-corrected chi connectivity index (χ2v) is 8.89. The molecule has 0 radical (unpaired) electrons. The van der Waals surface area contributed by atoms with Crippen molar-refractivity contribution < 1.29 is 9.59 Å². The molecule has 4 aromatic rings. The molecule has 4 nitrogen and oxygen atoms in total. The van der Waals surface area contributed by atoms with Crippen molar-refractivity contribution in [2.45, 2.75) is 0 Å². The van der Waals surface area contributed by atoms with Gasteiger partial charge in [-0.05, 0) is 54.1 Å². The van der Waals surface area contributed by atoms with Gasteiger partial charge in [0.05, 0.1) is 5.02 Å². The number of thiophene rings is 1. The zero-order chi connectivity index (χ0) is 22.7. The molecule has 1 N–H and O–H groups in total. The average Bonchev–Trinajstić information content (AvgIpc) is 3.15. The summed E-state index contributed by atoms with van der Waals surface area (Å²) < 4.78 is 0.965. The number of nitrogens with zero attached hydrogens (tertiary/aromatic N) is 1. The zero-order valence-corrected chi connectivity index (χ0v) is 19.2. The Morgan fingerprint density at radius 2 is 1.62 bits per heavy atom. The Morgan fingerprint density at radius 3 is 2.28 bits per heavy atom. The summed E-state index contributed by atoms with van der Waals surface area (Å²) in [7, 11) is 3.97. The summed E-state index contributed by atoms with van der Waals surface area (Å²) in [6.07, 6.45) is 3.34. The van der Waals surface area contributed by atoms with E-state index in [-0.39, 0.29) is 11.7 Å². The van der Waals surface area contributed by atoms with Crippen molar-refractivity contribution in [1.29, 1.82) is 0 Å². The summed E-state index contributed by atoms with van der Waals surface area (Å²) in [5.74, 6) is -0.372. The van der Waals surface area contributed by atoms with Gasteiger partial charge in [-0.25, -0.2) is 0 Å². The molecular formula is C26H21ClN2O2S. The number of nitrogens with one attached hydrogen (secondary N) is 1. The third kappa shape index (κ3) is 4.74. The first-order valence-electron chi connectivity index (χ1n) is 10.0. The van der Waals surface area contributed by atoms with Gasteiger partial charge >= 0.3 is 0 Å². The van der Waals surface area contributed by atoms with E-state index in [1.54, 1.807) is 36.4 Å². The predicted octanol–water partition coefficient (Wildman–Crippen LogP) is 6.77. The van der Waals surface area contributed by atoms with E-state index in [0.29, 0.717) is 21.2 Å². The molecule has 3 aromatic carbocycles. The van der Waals surface area contributed by atoms with Gasteiger partial charge in [-0.2, -0.15) is 0 Å². The van der Waals surface area contributed by atoms with Crippen molar-refractivity contribution in [3.63, 3.8) is 0 Å². The lowest BCUT2D eigenvalue weighted by molar-refractivity contribution is 0.102. The maximum atomic E-state index is 12.7. The van der Waals surface area contributed by atoms with Crippen LogP contribution in [0.25, 0.3) is 16.2 Å². The van der Waals surface area contributed by atoms with Gasteiger partial charge in [0.15, 0.2) is 5.78 Å². The van der Waals surface area contributed by atoms with Crippen LogP contribution in [0, 0.1) is 0 Å². The Hall–Kier alpha value is -3.41. The third-order valence-corrected chi connectivity index (χ3v) is 6.68. The van der Waals surface area contributed by atoms with E-state index in [2.05, 4.69) is 5.32 Å². The van der Waals surface area contributed by atoms with Gasteiger partial charge in [-0.3, -0.25) is 9.59 Å². The van der Waals surface area contributed by atoms with Gasteiger partial charge in [-0.1, -0.05) is 48.0 Å². The topological polar surface area (TPSA) is 49.4 Å². The minimum Gasteiger partial charge on any atom is -0.378 e. The van der Waals surface area contributed by atoms with Crippen molar-refractivity contribution in [2.75, 3.05) is 24.3 Å². The summed E-state index contributed by atoms with van der Waals surface area (Å²) in [4.78, 5) is 27.7. The second-order valence-electron chi connectivity index (χ2n) is 7.46. The van der Waals surface area contributed by atoms with Crippen molar-refractivity contribution in [1.82, 2.24) is 0 Å². The molecule has 0 unspecified atom stereocenters. The number of hydrogen-bond acceptors (Lipinski definition) is 4. The molecule has 0 aliphatic carbocycles. The summed E-state index contributed by atoms with van der Waals surface area (Å²) in [5.41, 5.74) is 3.20. The Morgan fingerprint density at radius 1 is 0.938 bits per heavy atom. The van der Waals surface area contributed by atoms with Crippen LogP contribution in [0.15, 0.2) is 78.9 Å². The molecular weight excluding hydrogens is 440 g/mol. The molecule has 160 valence electrons. The number of allylic oxidation sites excluding steroid dienone is 1. The number of carbonyl (C=O) groups excluding carboxylic acids is 2. The first kappa shape index (κ1) is 21.8. The van der Waals surface area contributed by atoms with E-state index in [0.717, 1.165) is 21.3 Å². The highest BCUT2D eigenvalue weighted by Crippen LogP contribution is 2.35. The van der Waals surface area contributed by atoms with Gasteiger partial charge in [0.2, 0.25) is 0 Å². The third-order valence-electron chi connectivity index (χ3n) is 5.01. The van der Waals surface area contributed by atoms with Crippen LogP contribution in [0.1, 0.15) is 25.6 Å². The normalized spacial score (nSPS) is 11.1. The lowest BCUT2D eigenvalue weighted by Gasteiger charge is -2.11. The lowest BCUT2D eigenvalue weighted by atomic mass is 10.1. The van der Waals surface area contributed by atoms with Gasteiger partial charge in [0, 0.05) is 41.1 Å². The van der Waals surface area contributed by atoms with Crippen LogP contribution in [0.3, 0.4) is 0 Å². The number of rotatable bonds is 6. The summed E-state index contributed by atoms with van der Waals surface area (Å²) in [6, 6.07) is 22.4. The van der Waals surface area contributed by atoms with Crippen LogP contribution >= 0.6 is 22.9 Å². The number of benzene rings is 3. The number of ketones is 1. The maximum absolute atomic E-state index is 12.7. The number of carbonyl (C=O) groups is 2. The van der Waals surface area contributed by atoms with Crippen molar-refractivity contribution in [3.05, 3.63) is 99.9 Å². The molecule has 0 spiro atoms. The SMILES string of the molecule is CN(C)c1ccc(/C=C/C(=O)c2ccc(NC(=O)c3sc4ccccc4c3Cl)cc2)cc1. The highest BCUT2D eigenvalue weighted by atomic mass is 35.5. The van der Waals surface area contributed by atoms with Gasteiger partial charge in [0.1, 0.15) is 4.88 Å². The van der Waals surface area contributed by atoms with E-state index in [1.807, 2.05) is 67.5 Å². The fourth-order valence-electron chi connectivity index (χ4n) is 3.22. The van der Waals surface area contributed by atoms with Crippen molar-refractivity contribution >= 4 is 62.2 Å². The van der Waals surface area contributed by atoms with Crippen molar-refractivity contribution in [2.24, 2.45) is 0 Å². The molecule has 0 fully saturated rings. The average molecular weight is 461 g/mol. The number of amides is 1. The quantitative estimate of drug-likeness (QED) is 0.255. The monoisotopic (exact) mass is 460 g/mol. The van der Waals surface area contributed by atoms with E-state index >= 15 is 0 Å². The predicted molar refractivity (Wildman–Crippen MR) is 135 cm³/mol.